The summed E-state index contributed by atoms with van der Waals surface area (Å²) in [6, 6.07) is 4.08. The average molecular weight is 293 g/mol. The molecule has 1 aromatic rings. The predicted molar refractivity (Wildman–Crippen MR) is 75.3 cm³/mol. The first-order valence-electron chi connectivity index (χ1n) is 6.62. The zero-order valence-electron chi connectivity index (χ0n) is 11.5. The molecule has 0 bridgehead atoms. The summed E-state index contributed by atoms with van der Waals surface area (Å²) in [5.41, 5.74) is 0.453. The van der Waals surface area contributed by atoms with Crippen LogP contribution in [0.25, 0.3) is 6.08 Å². The van der Waals surface area contributed by atoms with E-state index >= 15 is 0 Å². The molecular formula is C15H16FNO4. The van der Waals surface area contributed by atoms with E-state index < -0.39 is 17.9 Å². The molecule has 1 aromatic carbocycles. The second-order valence-electron chi connectivity index (χ2n) is 4.91. The van der Waals surface area contributed by atoms with Crippen molar-refractivity contribution in [3.8, 4) is 0 Å². The molecule has 0 aromatic heterocycles. The van der Waals surface area contributed by atoms with Gasteiger partial charge in [0.1, 0.15) is 11.9 Å². The number of carboxylic acid groups (broad SMARTS) is 1. The number of hydrogen-bond acceptors (Lipinski definition) is 3. The third-order valence-electron chi connectivity index (χ3n) is 3.19. The van der Waals surface area contributed by atoms with Crippen LogP contribution in [0.1, 0.15) is 25.3 Å². The minimum absolute atomic E-state index is 0.0362. The van der Waals surface area contributed by atoms with Gasteiger partial charge in [0, 0.05) is 6.08 Å². The number of ether oxygens (including phenoxy) is 1. The Morgan fingerprint density at radius 1 is 1.43 bits per heavy atom. The highest BCUT2D eigenvalue weighted by molar-refractivity contribution is 5.94. The van der Waals surface area contributed by atoms with Crippen molar-refractivity contribution in [2.45, 2.75) is 32.0 Å². The number of nitrogens with one attached hydrogen (secondary N) is 1. The average Bonchev–Trinajstić information content (AvgIpc) is 2.86. The van der Waals surface area contributed by atoms with Crippen LogP contribution in [0, 0.1) is 5.82 Å². The van der Waals surface area contributed by atoms with E-state index in [1.165, 1.54) is 18.2 Å². The molecule has 1 heterocycles. The zero-order valence-corrected chi connectivity index (χ0v) is 11.5. The molecule has 0 aliphatic carbocycles. The highest BCUT2D eigenvalue weighted by atomic mass is 19.1. The molecule has 21 heavy (non-hydrogen) atoms. The number of halogens is 1. The first-order valence-corrected chi connectivity index (χ1v) is 6.62. The number of carbonyl (C=O) groups excluding carboxylic acids is 1. The molecule has 0 radical (unpaired) electrons. The van der Waals surface area contributed by atoms with Gasteiger partial charge in [0.25, 0.3) is 5.91 Å². The van der Waals surface area contributed by atoms with Crippen LogP contribution in [0.15, 0.2) is 24.3 Å². The van der Waals surface area contributed by atoms with Crippen LogP contribution < -0.4 is 5.32 Å². The predicted octanol–water partition coefficient (Wildman–Crippen LogP) is 2.43. The monoisotopic (exact) mass is 293 g/mol. The van der Waals surface area contributed by atoms with Gasteiger partial charge in [-0.25, -0.2) is 9.18 Å². The lowest BCUT2D eigenvalue weighted by atomic mass is 10.1. The van der Waals surface area contributed by atoms with Gasteiger partial charge >= 0.3 is 5.97 Å². The number of amides is 1. The lowest BCUT2D eigenvalue weighted by molar-refractivity contribution is -0.131. The van der Waals surface area contributed by atoms with Gasteiger partial charge in [-0.05, 0) is 43.5 Å². The fourth-order valence-electron chi connectivity index (χ4n) is 2.11. The number of carboxylic acids is 1. The standard InChI is InChI=1S/C15H16FNO4/c1-9-2-6-13(21-9)15(20)17-12-5-3-10(8-11(12)16)4-7-14(18)19/h3-5,7-9,13H,2,6H2,1H3,(H,17,20)(H,18,19)/b7-4+. The third kappa shape index (κ3) is 4.13. The minimum Gasteiger partial charge on any atom is -0.478 e. The van der Waals surface area contributed by atoms with Crippen molar-refractivity contribution < 1.29 is 23.8 Å². The van der Waals surface area contributed by atoms with Gasteiger partial charge in [0.2, 0.25) is 0 Å². The number of aliphatic carboxylic acids is 1. The van der Waals surface area contributed by atoms with Crippen molar-refractivity contribution >= 4 is 23.6 Å². The van der Waals surface area contributed by atoms with Crippen molar-refractivity contribution in [3.05, 3.63) is 35.7 Å². The Balaban J connectivity index is 2.04. The van der Waals surface area contributed by atoms with Crippen molar-refractivity contribution in [1.29, 1.82) is 0 Å². The van der Waals surface area contributed by atoms with Gasteiger partial charge in [-0.1, -0.05) is 6.07 Å². The number of hydrogen-bond donors (Lipinski definition) is 2. The Morgan fingerprint density at radius 2 is 2.19 bits per heavy atom. The Hall–Kier alpha value is -2.21. The lowest BCUT2D eigenvalue weighted by Gasteiger charge is -2.12. The molecule has 0 spiro atoms. The van der Waals surface area contributed by atoms with Crippen LogP contribution in [0.4, 0.5) is 10.1 Å². The van der Waals surface area contributed by atoms with E-state index in [0.29, 0.717) is 12.0 Å². The molecule has 5 nitrogen and oxygen atoms in total. The first kappa shape index (κ1) is 15.2. The Morgan fingerprint density at radius 3 is 2.76 bits per heavy atom. The summed E-state index contributed by atoms with van der Waals surface area (Å²) in [5, 5.41) is 11.0. The molecule has 1 saturated heterocycles. The van der Waals surface area contributed by atoms with Crippen LogP contribution in [0.3, 0.4) is 0 Å². The number of rotatable bonds is 4. The molecule has 1 aliphatic heterocycles. The SMILES string of the molecule is CC1CCC(C(=O)Nc2ccc(/C=C/C(=O)O)cc2F)O1. The van der Waals surface area contributed by atoms with Crippen LogP contribution >= 0.6 is 0 Å². The van der Waals surface area contributed by atoms with Gasteiger partial charge < -0.3 is 15.2 Å². The van der Waals surface area contributed by atoms with E-state index in [-0.39, 0.29) is 17.7 Å². The van der Waals surface area contributed by atoms with E-state index in [1.54, 1.807) is 0 Å². The quantitative estimate of drug-likeness (QED) is 0.836. The summed E-state index contributed by atoms with van der Waals surface area (Å²) in [4.78, 5) is 22.3. The molecule has 2 rings (SSSR count). The molecule has 2 atom stereocenters. The summed E-state index contributed by atoms with van der Waals surface area (Å²) >= 11 is 0. The van der Waals surface area contributed by atoms with Crippen molar-refractivity contribution in [2.24, 2.45) is 0 Å². The molecule has 1 fully saturated rings. The van der Waals surface area contributed by atoms with E-state index in [4.69, 9.17) is 9.84 Å². The van der Waals surface area contributed by atoms with Crippen LogP contribution in [-0.2, 0) is 14.3 Å². The minimum atomic E-state index is -1.11. The molecule has 6 heteroatoms. The fourth-order valence-corrected chi connectivity index (χ4v) is 2.11. The summed E-state index contributed by atoms with van der Waals surface area (Å²) in [5.74, 6) is -2.10. The van der Waals surface area contributed by atoms with Gasteiger partial charge in [0.15, 0.2) is 0 Å². The maximum Gasteiger partial charge on any atom is 0.328 e. The molecule has 2 N–H and O–H groups in total. The Kier molecular flexibility index (Phi) is 4.70. The number of anilines is 1. The number of carbonyl (C=O) groups is 2. The van der Waals surface area contributed by atoms with Crippen molar-refractivity contribution in [1.82, 2.24) is 0 Å². The molecule has 1 aliphatic rings. The summed E-state index contributed by atoms with van der Waals surface area (Å²) in [6.45, 7) is 1.89. The summed E-state index contributed by atoms with van der Waals surface area (Å²) in [6.07, 6.45) is 3.10. The Labute approximate surface area is 121 Å². The van der Waals surface area contributed by atoms with E-state index in [9.17, 15) is 14.0 Å². The summed E-state index contributed by atoms with van der Waals surface area (Å²) < 4.78 is 19.3. The smallest absolute Gasteiger partial charge is 0.328 e. The molecule has 0 saturated carbocycles. The molecular weight excluding hydrogens is 277 g/mol. The zero-order chi connectivity index (χ0) is 15.4. The molecule has 2 unspecified atom stereocenters. The topological polar surface area (TPSA) is 75.6 Å². The van der Waals surface area contributed by atoms with Crippen LogP contribution in [-0.4, -0.2) is 29.2 Å². The highest BCUT2D eigenvalue weighted by Crippen LogP contribution is 2.22. The van der Waals surface area contributed by atoms with Gasteiger partial charge in [-0.15, -0.1) is 0 Å². The van der Waals surface area contributed by atoms with Gasteiger partial charge in [0.05, 0.1) is 11.8 Å². The second kappa shape index (κ2) is 6.49. The van der Waals surface area contributed by atoms with Crippen molar-refractivity contribution in [2.75, 3.05) is 5.32 Å². The molecule has 1 amide bonds. The van der Waals surface area contributed by atoms with Crippen LogP contribution in [0.2, 0.25) is 0 Å². The maximum atomic E-state index is 13.9. The number of benzene rings is 1. The van der Waals surface area contributed by atoms with Crippen LogP contribution in [0.5, 0.6) is 0 Å². The highest BCUT2D eigenvalue weighted by Gasteiger charge is 2.28. The largest absolute Gasteiger partial charge is 0.478 e. The van der Waals surface area contributed by atoms with E-state index in [0.717, 1.165) is 18.6 Å². The van der Waals surface area contributed by atoms with Gasteiger partial charge in [-0.2, -0.15) is 0 Å². The molecule has 112 valence electrons. The van der Waals surface area contributed by atoms with E-state index in [1.807, 2.05) is 6.92 Å². The normalized spacial score (nSPS) is 21.6. The lowest BCUT2D eigenvalue weighted by Crippen LogP contribution is -2.28. The summed E-state index contributed by atoms with van der Waals surface area (Å²) in [7, 11) is 0. The Bertz CT molecular complexity index is 585. The third-order valence-corrected chi connectivity index (χ3v) is 3.19. The second-order valence-corrected chi connectivity index (χ2v) is 4.91. The fraction of sp³-hybridized carbons (Fsp3) is 0.333. The first-order chi connectivity index (χ1) is 9.95. The maximum absolute atomic E-state index is 13.9. The van der Waals surface area contributed by atoms with Crippen molar-refractivity contribution in [3.63, 3.8) is 0 Å². The van der Waals surface area contributed by atoms with Gasteiger partial charge in [-0.3, -0.25) is 4.79 Å². The van der Waals surface area contributed by atoms with E-state index in [2.05, 4.69) is 5.32 Å².